The van der Waals surface area contributed by atoms with Gasteiger partial charge in [0, 0.05) is 12.8 Å². The molecule has 0 aromatic rings. The summed E-state index contributed by atoms with van der Waals surface area (Å²) in [6, 6.07) is 0. The van der Waals surface area contributed by atoms with Crippen LogP contribution in [0.25, 0.3) is 0 Å². The molecular weight excluding hydrogens is 108 g/mol. The van der Waals surface area contributed by atoms with Crippen molar-refractivity contribution >= 4 is 16.9 Å². The van der Waals surface area contributed by atoms with Gasteiger partial charge in [-0.3, -0.25) is 5.41 Å². The van der Waals surface area contributed by atoms with E-state index in [9.17, 15) is 0 Å². The van der Waals surface area contributed by atoms with E-state index in [1.165, 1.54) is 0 Å². The molecule has 1 fully saturated rings. The molecule has 1 aliphatic heterocycles. The minimum atomic E-state index is 0.653. The van der Waals surface area contributed by atoms with E-state index >= 15 is 0 Å². The largest absolute Gasteiger partial charge is 0.349 e. The predicted octanol–water partition coefficient (Wildman–Crippen LogP) is 0.762. The van der Waals surface area contributed by atoms with Crippen LogP contribution in [0.2, 0.25) is 0 Å². The summed E-state index contributed by atoms with van der Waals surface area (Å²) in [6.45, 7) is 1.99. The van der Waals surface area contributed by atoms with Crippen molar-refractivity contribution in [3.63, 3.8) is 0 Å². The van der Waals surface area contributed by atoms with Crippen molar-refractivity contribution in [2.24, 2.45) is 0 Å². The van der Waals surface area contributed by atoms with Crippen LogP contribution in [0.15, 0.2) is 0 Å². The van der Waals surface area contributed by atoms with Gasteiger partial charge in [-0.1, -0.05) is 11.8 Å². The molecule has 0 aliphatic carbocycles. The van der Waals surface area contributed by atoms with Gasteiger partial charge in [0.25, 0.3) is 0 Å². The third kappa shape index (κ3) is 0.881. The average Bonchev–Trinajstić information content (AvgIpc) is 1.91. The van der Waals surface area contributed by atoms with E-state index in [0.717, 1.165) is 5.75 Å². The van der Waals surface area contributed by atoms with Crippen LogP contribution in [0, 0.1) is 12.0 Å². The van der Waals surface area contributed by atoms with Crippen LogP contribution in [-0.4, -0.2) is 22.9 Å². The highest BCUT2D eigenvalue weighted by Gasteiger charge is 2.11. The SMILES string of the molecule is CN1[CH]CSC1=N. The first-order valence-electron chi connectivity index (χ1n) is 2.08. The predicted molar refractivity (Wildman–Crippen MR) is 32.2 cm³/mol. The summed E-state index contributed by atoms with van der Waals surface area (Å²) < 4.78 is 0. The molecule has 3 heteroatoms. The van der Waals surface area contributed by atoms with Crippen molar-refractivity contribution in [2.45, 2.75) is 0 Å². The van der Waals surface area contributed by atoms with Gasteiger partial charge in [-0.25, -0.2) is 0 Å². The molecule has 1 aliphatic rings. The molecule has 7 heavy (non-hydrogen) atoms. The van der Waals surface area contributed by atoms with E-state index in [1.54, 1.807) is 11.8 Å². The molecular formula is C4H7N2S. The Morgan fingerprint density at radius 3 is 2.86 bits per heavy atom. The molecule has 1 N–H and O–H groups in total. The summed E-state index contributed by atoms with van der Waals surface area (Å²) in [6.07, 6.45) is 0. The first-order chi connectivity index (χ1) is 3.30. The molecule has 0 amide bonds. The standard InChI is InChI=1S/C4H7N2S/c1-6-2-3-7-4(6)5/h2,5H,3H2,1H3. The lowest BCUT2D eigenvalue weighted by molar-refractivity contribution is 0.641. The average molecular weight is 115 g/mol. The van der Waals surface area contributed by atoms with Crippen molar-refractivity contribution in [2.75, 3.05) is 12.8 Å². The van der Waals surface area contributed by atoms with Crippen molar-refractivity contribution in [1.82, 2.24) is 4.90 Å². The molecule has 1 rings (SSSR count). The number of hydrogen-bond donors (Lipinski definition) is 1. The molecule has 0 aromatic heterocycles. The van der Waals surface area contributed by atoms with E-state index in [-0.39, 0.29) is 0 Å². The summed E-state index contributed by atoms with van der Waals surface area (Å²) in [7, 11) is 1.89. The Morgan fingerprint density at radius 1 is 2.00 bits per heavy atom. The molecule has 0 bridgehead atoms. The highest BCUT2D eigenvalue weighted by Crippen LogP contribution is 2.16. The molecule has 0 atom stereocenters. The maximum absolute atomic E-state index is 7.11. The zero-order valence-corrected chi connectivity index (χ0v) is 4.96. The molecule has 1 saturated heterocycles. The Morgan fingerprint density at radius 2 is 2.71 bits per heavy atom. The third-order valence-corrected chi connectivity index (χ3v) is 1.77. The Labute approximate surface area is 47.4 Å². The van der Waals surface area contributed by atoms with E-state index in [0.29, 0.717) is 5.17 Å². The van der Waals surface area contributed by atoms with Gasteiger partial charge >= 0.3 is 0 Å². The smallest absolute Gasteiger partial charge is 0.156 e. The van der Waals surface area contributed by atoms with Crippen LogP contribution in [0.5, 0.6) is 0 Å². The molecule has 39 valence electrons. The summed E-state index contributed by atoms with van der Waals surface area (Å²) in [5.74, 6) is 0.968. The maximum atomic E-state index is 7.11. The van der Waals surface area contributed by atoms with Gasteiger partial charge in [0.05, 0.1) is 6.54 Å². The van der Waals surface area contributed by atoms with Crippen molar-refractivity contribution in [3.8, 4) is 0 Å². The van der Waals surface area contributed by atoms with Gasteiger partial charge in [-0.15, -0.1) is 0 Å². The van der Waals surface area contributed by atoms with Gasteiger partial charge in [0.2, 0.25) is 0 Å². The number of amidine groups is 1. The maximum Gasteiger partial charge on any atom is 0.156 e. The first-order valence-corrected chi connectivity index (χ1v) is 3.07. The highest BCUT2D eigenvalue weighted by atomic mass is 32.2. The molecule has 1 heterocycles. The Bertz CT molecular complexity index is 91.7. The van der Waals surface area contributed by atoms with Crippen LogP contribution >= 0.6 is 11.8 Å². The lowest BCUT2D eigenvalue weighted by Gasteiger charge is -2.04. The molecule has 2 nitrogen and oxygen atoms in total. The molecule has 1 radical (unpaired) electrons. The lowest BCUT2D eigenvalue weighted by Crippen LogP contribution is -2.12. The fraction of sp³-hybridized carbons (Fsp3) is 0.500. The number of rotatable bonds is 0. The fourth-order valence-corrected chi connectivity index (χ4v) is 1.15. The second kappa shape index (κ2) is 1.74. The van der Waals surface area contributed by atoms with Gasteiger partial charge < -0.3 is 4.90 Å². The van der Waals surface area contributed by atoms with Crippen LogP contribution in [0.1, 0.15) is 0 Å². The Balaban J connectivity index is 2.48. The summed E-state index contributed by atoms with van der Waals surface area (Å²) in [5, 5.41) is 7.77. The van der Waals surface area contributed by atoms with E-state index in [2.05, 4.69) is 0 Å². The number of thioether (sulfide) groups is 1. The number of nitrogens with one attached hydrogen (secondary N) is 1. The molecule has 0 spiro atoms. The Hall–Kier alpha value is -0.180. The molecule has 0 unspecified atom stereocenters. The second-order valence-electron chi connectivity index (χ2n) is 1.41. The first kappa shape index (κ1) is 4.97. The summed E-state index contributed by atoms with van der Waals surface area (Å²) in [5.41, 5.74) is 0. The van der Waals surface area contributed by atoms with E-state index in [1.807, 2.05) is 18.5 Å². The van der Waals surface area contributed by atoms with Crippen LogP contribution in [0.4, 0.5) is 0 Å². The normalized spacial score (nSPS) is 21.3. The van der Waals surface area contributed by atoms with Crippen LogP contribution < -0.4 is 0 Å². The number of nitrogens with zero attached hydrogens (tertiary/aromatic N) is 1. The Kier molecular flexibility index (Phi) is 1.23. The van der Waals surface area contributed by atoms with E-state index in [4.69, 9.17) is 5.41 Å². The monoisotopic (exact) mass is 115 g/mol. The number of hydrogen-bond acceptors (Lipinski definition) is 2. The van der Waals surface area contributed by atoms with Crippen molar-refractivity contribution in [3.05, 3.63) is 6.54 Å². The summed E-state index contributed by atoms with van der Waals surface area (Å²) in [4.78, 5) is 1.82. The van der Waals surface area contributed by atoms with Crippen molar-refractivity contribution < 1.29 is 0 Å². The quantitative estimate of drug-likeness (QED) is 0.504. The van der Waals surface area contributed by atoms with Gasteiger partial charge in [0.1, 0.15) is 0 Å². The third-order valence-electron chi connectivity index (χ3n) is 0.889. The fourth-order valence-electron chi connectivity index (χ4n) is 0.413. The van der Waals surface area contributed by atoms with Crippen LogP contribution in [0.3, 0.4) is 0 Å². The molecule has 0 aromatic carbocycles. The zero-order chi connectivity index (χ0) is 5.28. The molecule has 0 saturated carbocycles. The summed E-state index contributed by atoms with van der Waals surface area (Å²) >= 11 is 1.56. The topological polar surface area (TPSA) is 27.1 Å². The van der Waals surface area contributed by atoms with E-state index < -0.39 is 0 Å². The minimum Gasteiger partial charge on any atom is -0.349 e. The lowest BCUT2D eigenvalue weighted by atomic mass is 10.7. The second-order valence-corrected chi connectivity index (χ2v) is 2.42. The highest BCUT2D eigenvalue weighted by molar-refractivity contribution is 8.14. The minimum absolute atomic E-state index is 0.653. The van der Waals surface area contributed by atoms with Gasteiger partial charge in [-0.2, -0.15) is 0 Å². The van der Waals surface area contributed by atoms with Crippen molar-refractivity contribution in [1.29, 1.82) is 5.41 Å². The van der Waals surface area contributed by atoms with Crippen LogP contribution in [-0.2, 0) is 0 Å². The van der Waals surface area contributed by atoms with Gasteiger partial charge in [-0.05, 0) is 0 Å². The van der Waals surface area contributed by atoms with Gasteiger partial charge in [0.15, 0.2) is 5.17 Å². The zero-order valence-electron chi connectivity index (χ0n) is 4.14.